The molecule has 0 unspecified atom stereocenters. The highest BCUT2D eigenvalue weighted by molar-refractivity contribution is 5.93. The van der Waals surface area contributed by atoms with Gasteiger partial charge in [0.05, 0.1) is 25.0 Å². The first-order valence-corrected chi connectivity index (χ1v) is 8.60. The Balaban J connectivity index is 1.55. The third-order valence-corrected chi connectivity index (χ3v) is 4.29. The molecule has 0 radical (unpaired) electrons. The van der Waals surface area contributed by atoms with Gasteiger partial charge in [-0.1, -0.05) is 6.07 Å². The number of carbonyl (C=O) groups is 1. The molecule has 27 heavy (non-hydrogen) atoms. The van der Waals surface area contributed by atoms with Gasteiger partial charge in [-0.3, -0.25) is 14.6 Å². The quantitative estimate of drug-likeness (QED) is 0.623. The molecule has 2 aromatic heterocycles. The van der Waals surface area contributed by atoms with Gasteiger partial charge in [-0.15, -0.1) is 0 Å². The summed E-state index contributed by atoms with van der Waals surface area (Å²) < 4.78 is 12.6. The minimum absolute atomic E-state index is 0.234. The van der Waals surface area contributed by atoms with Crippen molar-refractivity contribution in [3.63, 3.8) is 0 Å². The molecule has 0 aliphatic rings. The average Bonchev–Trinajstić information content (AvgIpc) is 3.23. The Kier molecular flexibility index (Phi) is 5.44. The van der Waals surface area contributed by atoms with Crippen molar-refractivity contribution in [3.8, 4) is 22.8 Å². The third-order valence-electron chi connectivity index (χ3n) is 4.29. The van der Waals surface area contributed by atoms with E-state index in [0.29, 0.717) is 30.3 Å². The summed E-state index contributed by atoms with van der Waals surface area (Å²) >= 11 is 0. The summed E-state index contributed by atoms with van der Waals surface area (Å²) in [5.74, 6) is 1.18. The fraction of sp³-hybridized carbons (Fsp3) is 0.316. The highest BCUT2D eigenvalue weighted by Gasteiger charge is 2.17. The summed E-state index contributed by atoms with van der Waals surface area (Å²) in [5, 5.41) is 14.2. The molecule has 8 nitrogen and oxygen atoms in total. The van der Waals surface area contributed by atoms with E-state index in [-0.39, 0.29) is 5.91 Å². The summed E-state index contributed by atoms with van der Waals surface area (Å²) in [5.41, 5.74) is 3.91. The van der Waals surface area contributed by atoms with Gasteiger partial charge in [0.2, 0.25) is 0 Å². The maximum atomic E-state index is 12.3. The van der Waals surface area contributed by atoms with Crippen molar-refractivity contribution >= 4 is 5.91 Å². The lowest BCUT2D eigenvalue weighted by Gasteiger charge is -2.08. The average molecular weight is 369 g/mol. The predicted octanol–water partition coefficient (Wildman–Crippen LogP) is 2.24. The predicted molar refractivity (Wildman–Crippen MR) is 101 cm³/mol. The second kappa shape index (κ2) is 7.94. The number of nitrogens with zero attached hydrogens (tertiary/aromatic N) is 3. The molecule has 0 atom stereocenters. The molecule has 0 saturated heterocycles. The zero-order valence-corrected chi connectivity index (χ0v) is 15.9. The molecular weight excluding hydrogens is 346 g/mol. The molecule has 3 aromatic rings. The second-order valence-corrected chi connectivity index (χ2v) is 6.12. The van der Waals surface area contributed by atoms with E-state index in [4.69, 9.17) is 9.47 Å². The number of amides is 1. The lowest BCUT2D eigenvalue weighted by Crippen LogP contribution is -2.28. The van der Waals surface area contributed by atoms with Gasteiger partial charge in [0.15, 0.2) is 0 Å². The standard InChI is InChI=1S/C19H23N5O3/c1-12-18(13(2)24(3)23-12)16-11-17(22-21-16)19(25)20-8-9-27-15-7-5-6-14(10-15)26-4/h5-7,10-11H,8-9H2,1-4H3,(H,20,25)(H,21,22). The van der Waals surface area contributed by atoms with Crippen molar-refractivity contribution in [1.82, 2.24) is 25.3 Å². The maximum absolute atomic E-state index is 12.3. The summed E-state index contributed by atoms with van der Waals surface area (Å²) in [7, 11) is 3.49. The van der Waals surface area contributed by atoms with Crippen LogP contribution in [0.25, 0.3) is 11.3 Å². The fourth-order valence-electron chi connectivity index (χ4n) is 2.83. The molecule has 2 N–H and O–H groups in total. The molecule has 1 amide bonds. The van der Waals surface area contributed by atoms with E-state index in [1.165, 1.54) is 0 Å². The summed E-state index contributed by atoms with van der Waals surface area (Å²) in [6, 6.07) is 9.05. The Hall–Kier alpha value is -3.29. The smallest absolute Gasteiger partial charge is 0.269 e. The van der Waals surface area contributed by atoms with Crippen LogP contribution in [0.15, 0.2) is 30.3 Å². The van der Waals surface area contributed by atoms with Gasteiger partial charge in [0, 0.05) is 24.4 Å². The van der Waals surface area contributed by atoms with Crippen LogP contribution in [-0.4, -0.2) is 46.1 Å². The van der Waals surface area contributed by atoms with Gasteiger partial charge in [-0.2, -0.15) is 10.2 Å². The molecule has 8 heteroatoms. The number of carbonyl (C=O) groups excluding carboxylic acids is 1. The highest BCUT2D eigenvalue weighted by Crippen LogP contribution is 2.25. The number of aromatic nitrogens is 4. The van der Waals surface area contributed by atoms with E-state index in [2.05, 4.69) is 20.6 Å². The number of aromatic amines is 1. The number of H-pyrrole nitrogens is 1. The first kappa shape index (κ1) is 18.5. The molecule has 0 spiro atoms. The van der Waals surface area contributed by atoms with Crippen molar-refractivity contribution in [2.24, 2.45) is 7.05 Å². The number of hydrogen-bond acceptors (Lipinski definition) is 5. The normalized spacial score (nSPS) is 10.7. The van der Waals surface area contributed by atoms with Crippen LogP contribution < -0.4 is 14.8 Å². The second-order valence-electron chi connectivity index (χ2n) is 6.12. The van der Waals surface area contributed by atoms with E-state index < -0.39 is 0 Å². The first-order valence-electron chi connectivity index (χ1n) is 8.60. The van der Waals surface area contributed by atoms with E-state index in [1.807, 2.05) is 39.1 Å². The zero-order valence-electron chi connectivity index (χ0n) is 15.9. The Bertz CT molecular complexity index is 945. The van der Waals surface area contributed by atoms with E-state index >= 15 is 0 Å². The largest absolute Gasteiger partial charge is 0.497 e. The van der Waals surface area contributed by atoms with Crippen LogP contribution in [0.1, 0.15) is 21.9 Å². The molecule has 0 aliphatic carbocycles. The van der Waals surface area contributed by atoms with Gasteiger partial charge in [0.25, 0.3) is 5.91 Å². The lowest BCUT2D eigenvalue weighted by atomic mass is 10.1. The lowest BCUT2D eigenvalue weighted by molar-refractivity contribution is 0.0942. The number of rotatable bonds is 7. The molecule has 1 aromatic carbocycles. The van der Waals surface area contributed by atoms with Crippen LogP contribution in [-0.2, 0) is 7.05 Å². The number of ether oxygens (including phenoxy) is 2. The zero-order chi connectivity index (χ0) is 19.4. The van der Waals surface area contributed by atoms with Crippen LogP contribution in [0.5, 0.6) is 11.5 Å². The van der Waals surface area contributed by atoms with Gasteiger partial charge in [-0.05, 0) is 32.0 Å². The molecule has 3 rings (SSSR count). The molecule has 0 saturated carbocycles. The molecule has 2 heterocycles. The van der Waals surface area contributed by atoms with Crippen LogP contribution in [0.2, 0.25) is 0 Å². The Morgan fingerprint density at radius 1 is 1.26 bits per heavy atom. The molecule has 0 fully saturated rings. The minimum atomic E-state index is -0.234. The van der Waals surface area contributed by atoms with Gasteiger partial charge >= 0.3 is 0 Å². The van der Waals surface area contributed by atoms with E-state index in [0.717, 1.165) is 22.7 Å². The third kappa shape index (κ3) is 4.11. The molecule has 0 aliphatic heterocycles. The number of methoxy groups -OCH3 is 1. The molecule has 0 bridgehead atoms. The Morgan fingerprint density at radius 2 is 2.04 bits per heavy atom. The monoisotopic (exact) mass is 369 g/mol. The minimum Gasteiger partial charge on any atom is -0.497 e. The number of benzene rings is 1. The van der Waals surface area contributed by atoms with Crippen LogP contribution in [0.4, 0.5) is 0 Å². The van der Waals surface area contributed by atoms with Crippen molar-refractivity contribution in [1.29, 1.82) is 0 Å². The van der Waals surface area contributed by atoms with Crippen molar-refractivity contribution < 1.29 is 14.3 Å². The molecule has 142 valence electrons. The van der Waals surface area contributed by atoms with E-state index in [1.54, 1.807) is 23.9 Å². The SMILES string of the molecule is COc1cccc(OCCNC(=O)c2cc(-c3c(C)nn(C)c3C)n[nH]2)c1. The van der Waals surface area contributed by atoms with Crippen molar-refractivity contribution in [3.05, 3.63) is 47.4 Å². The summed E-state index contributed by atoms with van der Waals surface area (Å²) in [6.07, 6.45) is 0. The van der Waals surface area contributed by atoms with Crippen molar-refractivity contribution in [2.75, 3.05) is 20.3 Å². The summed E-state index contributed by atoms with van der Waals surface area (Å²) in [6.45, 7) is 4.61. The summed E-state index contributed by atoms with van der Waals surface area (Å²) in [4.78, 5) is 12.3. The maximum Gasteiger partial charge on any atom is 0.269 e. The highest BCUT2D eigenvalue weighted by atomic mass is 16.5. The number of aryl methyl sites for hydroxylation is 2. The molecular formula is C19H23N5O3. The topological polar surface area (TPSA) is 94.1 Å². The van der Waals surface area contributed by atoms with E-state index in [9.17, 15) is 4.79 Å². The Morgan fingerprint density at radius 3 is 2.74 bits per heavy atom. The first-order chi connectivity index (χ1) is 13.0. The van der Waals surface area contributed by atoms with Crippen LogP contribution in [0.3, 0.4) is 0 Å². The number of nitrogens with one attached hydrogen (secondary N) is 2. The van der Waals surface area contributed by atoms with Crippen LogP contribution >= 0.6 is 0 Å². The number of hydrogen-bond donors (Lipinski definition) is 2. The van der Waals surface area contributed by atoms with Crippen molar-refractivity contribution in [2.45, 2.75) is 13.8 Å². The van der Waals surface area contributed by atoms with Crippen LogP contribution in [0, 0.1) is 13.8 Å². The Labute approximate surface area is 157 Å². The van der Waals surface area contributed by atoms with Gasteiger partial charge in [0.1, 0.15) is 23.8 Å². The fourth-order valence-corrected chi connectivity index (χ4v) is 2.83. The van der Waals surface area contributed by atoms with Gasteiger partial charge in [-0.25, -0.2) is 0 Å². The van der Waals surface area contributed by atoms with Gasteiger partial charge < -0.3 is 14.8 Å².